The lowest BCUT2D eigenvalue weighted by molar-refractivity contribution is -0.125. The lowest BCUT2D eigenvalue weighted by Gasteiger charge is -2.10. The summed E-state index contributed by atoms with van der Waals surface area (Å²) >= 11 is 0. The minimum Gasteiger partial charge on any atom is -0.349 e. The zero-order valence-electron chi connectivity index (χ0n) is 10.9. The Morgan fingerprint density at radius 2 is 2.06 bits per heavy atom. The predicted octanol–water partition coefficient (Wildman–Crippen LogP) is 0.837. The van der Waals surface area contributed by atoms with Gasteiger partial charge in [-0.3, -0.25) is 4.79 Å². The van der Waals surface area contributed by atoms with Crippen LogP contribution in [0.4, 0.5) is 0 Å². The molecule has 0 saturated heterocycles. The highest BCUT2D eigenvalue weighted by Crippen LogP contribution is 2.24. The first-order chi connectivity index (χ1) is 8.54. The second-order valence-electron chi connectivity index (χ2n) is 5.05. The Morgan fingerprint density at radius 1 is 1.39 bits per heavy atom. The number of nitrogens with one attached hydrogen (secondary N) is 1. The molecule has 0 bridgehead atoms. The molecule has 0 aromatic carbocycles. The first kappa shape index (κ1) is 13.0. The monoisotopic (exact) mass is 248 g/mol. The maximum absolute atomic E-state index is 11.9. The van der Waals surface area contributed by atoms with Crippen molar-refractivity contribution < 1.29 is 4.79 Å². The maximum atomic E-state index is 11.9. The van der Waals surface area contributed by atoms with Crippen molar-refractivity contribution in [3.63, 3.8) is 0 Å². The number of amides is 1. The van der Waals surface area contributed by atoms with E-state index >= 15 is 0 Å². The van der Waals surface area contributed by atoms with Crippen molar-refractivity contribution in [2.24, 2.45) is 11.7 Å². The van der Waals surface area contributed by atoms with Gasteiger partial charge in [-0.1, -0.05) is 0 Å². The summed E-state index contributed by atoms with van der Waals surface area (Å²) in [7, 11) is 0. The Morgan fingerprint density at radius 3 is 2.61 bits per heavy atom. The molecule has 2 rings (SSSR count). The minimum absolute atomic E-state index is 0.0610. The number of carbonyl (C=O) groups is 1. The van der Waals surface area contributed by atoms with Gasteiger partial charge in [0.15, 0.2) is 0 Å². The molecule has 5 heteroatoms. The van der Waals surface area contributed by atoms with Crippen LogP contribution in [0.3, 0.4) is 0 Å². The average molecular weight is 248 g/mol. The van der Waals surface area contributed by atoms with E-state index in [1.54, 1.807) is 0 Å². The molecule has 5 nitrogen and oxygen atoms in total. The number of rotatable bonds is 3. The molecular formula is C13H20N4O. The molecule has 1 saturated carbocycles. The zero-order chi connectivity index (χ0) is 13.1. The maximum Gasteiger partial charge on any atom is 0.223 e. The number of aromatic nitrogens is 2. The van der Waals surface area contributed by atoms with E-state index in [0.29, 0.717) is 12.4 Å². The molecule has 1 aliphatic carbocycles. The molecule has 3 N–H and O–H groups in total. The van der Waals surface area contributed by atoms with Gasteiger partial charge in [-0.05, 0) is 39.2 Å². The third-order valence-electron chi connectivity index (χ3n) is 3.29. The van der Waals surface area contributed by atoms with Crippen LogP contribution in [-0.2, 0) is 11.3 Å². The van der Waals surface area contributed by atoms with Gasteiger partial charge in [-0.25, -0.2) is 9.97 Å². The molecule has 1 aliphatic rings. The highest BCUT2D eigenvalue weighted by Gasteiger charge is 2.27. The second kappa shape index (κ2) is 5.44. The third-order valence-corrected chi connectivity index (χ3v) is 3.29. The van der Waals surface area contributed by atoms with Gasteiger partial charge in [-0.2, -0.15) is 0 Å². The largest absolute Gasteiger partial charge is 0.349 e. The van der Waals surface area contributed by atoms with Crippen LogP contribution >= 0.6 is 0 Å². The van der Waals surface area contributed by atoms with Crippen LogP contribution in [0.2, 0.25) is 0 Å². The predicted molar refractivity (Wildman–Crippen MR) is 68.7 cm³/mol. The molecule has 0 spiro atoms. The van der Waals surface area contributed by atoms with Gasteiger partial charge >= 0.3 is 0 Å². The fraction of sp³-hybridized carbons (Fsp3) is 0.615. The number of hydrogen-bond donors (Lipinski definition) is 2. The standard InChI is InChI=1S/C13H20N4O/c1-8-5-9(2)17-12(16-8)7-15-13(18)10-3-4-11(14)6-10/h5,10-11H,3-4,6-7,14H2,1-2H3,(H,15,18). The molecule has 1 heterocycles. The smallest absolute Gasteiger partial charge is 0.223 e. The first-order valence-electron chi connectivity index (χ1n) is 6.39. The van der Waals surface area contributed by atoms with E-state index in [4.69, 9.17) is 5.73 Å². The fourth-order valence-corrected chi connectivity index (χ4v) is 2.44. The van der Waals surface area contributed by atoms with Crippen LogP contribution in [-0.4, -0.2) is 21.9 Å². The van der Waals surface area contributed by atoms with Crippen LogP contribution in [0.1, 0.15) is 36.5 Å². The van der Waals surface area contributed by atoms with Gasteiger partial charge in [-0.15, -0.1) is 0 Å². The summed E-state index contributed by atoms with van der Waals surface area (Å²) in [5.74, 6) is 0.805. The summed E-state index contributed by atoms with van der Waals surface area (Å²) < 4.78 is 0. The second-order valence-corrected chi connectivity index (χ2v) is 5.05. The van der Waals surface area contributed by atoms with E-state index in [-0.39, 0.29) is 17.9 Å². The number of hydrogen-bond acceptors (Lipinski definition) is 4. The highest BCUT2D eigenvalue weighted by molar-refractivity contribution is 5.78. The van der Waals surface area contributed by atoms with Crippen LogP contribution in [0.15, 0.2) is 6.07 Å². The zero-order valence-corrected chi connectivity index (χ0v) is 10.9. The van der Waals surface area contributed by atoms with Gasteiger partial charge in [0.25, 0.3) is 0 Å². The number of nitrogens with zero attached hydrogens (tertiary/aromatic N) is 2. The average Bonchev–Trinajstić information content (AvgIpc) is 2.71. The number of nitrogens with two attached hydrogens (primary N) is 1. The summed E-state index contributed by atoms with van der Waals surface area (Å²) in [6, 6.07) is 2.10. The van der Waals surface area contributed by atoms with Crippen molar-refractivity contribution in [3.8, 4) is 0 Å². The molecule has 98 valence electrons. The fourth-order valence-electron chi connectivity index (χ4n) is 2.44. The topological polar surface area (TPSA) is 80.9 Å². The number of carbonyl (C=O) groups excluding carboxylic acids is 1. The van der Waals surface area contributed by atoms with Gasteiger partial charge < -0.3 is 11.1 Å². The molecule has 0 aliphatic heterocycles. The normalized spacial score (nSPS) is 23.1. The SMILES string of the molecule is Cc1cc(C)nc(CNC(=O)C2CCC(N)C2)n1. The Balaban J connectivity index is 1.89. The van der Waals surface area contributed by atoms with Crippen LogP contribution < -0.4 is 11.1 Å². The molecule has 1 amide bonds. The summed E-state index contributed by atoms with van der Waals surface area (Å²) in [6.45, 7) is 4.25. The lowest BCUT2D eigenvalue weighted by atomic mass is 10.1. The van der Waals surface area contributed by atoms with Crippen LogP contribution in [0, 0.1) is 19.8 Å². The van der Waals surface area contributed by atoms with E-state index in [9.17, 15) is 4.79 Å². The lowest BCUT2D eigenvalue weighted by Crippen LogP contribution is -2.30. The minimum atomic E-state index is 0.0610. The van der Waals surface area contributed by atoms with E-state index in [1.807, 2.05) is 19.9 Å². The van der Waals surface area contributed by atoms with Crippen molar-refractivity contribution in [2.45, 2.75) is 45.7 Å². The molecule has 1 aromatic heterocycles. The molecule has 2 atom stereocenters. The summed E-state index contributed by atoms with van der Waals surface area (Å²) in [5, 5.41) is 2.90. The molecule has 18 heavy (non-hydrogen) atoms. The van der Waals surface area contributed by atoms with Gasteiger partial charge in [0.1, 0.15) is 5.82 Å². The van der Waals surface area contributed by atoms with E-state index in [1.165, 1.54) is 0 Å². The van der Waals surface area contributed by atoms with Crippen LogP contribution in [0.5, 0.6) is 0 Å². The molecule has 0 radical (unpaired) electrons. The summed E-state index contributed by atoms with van der Waals surface area (Å²) in [5.41, 5.74) is 7.66. The molecule has 2 unspecified atom stereocenters. The van der Waals surface area contributed by atoms with E-state index in [2.05, 4.69) is 15.3 Å². The van der Waals surface area contributed by atoms with E-state index < -0.39 is 0 Å². The Bertz CT molecular complexity index is 426. The van der Waals surface area contributed by atoms with Crippen molar-refractivity contribution in [1.29, 1.82) is 0 Å². The quantitative estimate of drug-likeness (QED) is 0.830. The third kappa shape index (κ3) is 3.26. The van der Waals surface area contributed by atoms with Crippen molar-refractivity contribution >= 4 is 5.91 Å². The Labute approximate surface area is 107 Å². The highest BCUT2D eigenvalue weighted by atomic mass is 16.1. The van der Waals surface area contributed by atoms with Gasteiger partial charge in [0.05, 0.1) is 6.54 Å². The van der Waals surface area contributed by atoms with E-state index in [0.717, 1.165) is 30.7 Å². The van der Waals surface area contributed by atoms with Crippen molar-refractivity contribution in [1.82, 2.24) is 15.3 Å². The van der Waals surface area contributed by atoms with Crippen molar-refractivity contribution in [2.75, 3.05) is 0 Å². The van der Waals surface area contributed by atoms with Crippen molar-refractivity contribution in [3.05, 3.63) is 23.3 Å². The molecular weight excluding hydrogens is 228 g/mol. The van der Waals surface area contributed by atoms with Gasteiger partial charge in [0, 0.05) is 23.3 Å². The van der Waals surface area contributed by atoms with Gasteiger partial charge in [0.2, 0.25) is 5.91 Å². The summed E-state index contributed by atoms with van der Waals surface area (Å²) in [4.78, 5) is 20.5. The first-order valence-corrected chi connectivity index (χ1v) is 6.39. The number of aryl methyl sites for hydroxylation is 2. The Kier molecular flexibility index (Phi) is 3.91. The van der Waals surface area contributed by atoms with Crippen LogP contribution in [0.25, 0.3) is 0 Å². The molecule has 1 aromatic rings. The summed E-state index contributed by atoms with van der Waals surface area (Å²) in [6.07, 6.45) is 2.62. The Hall–Kier alpha value is -1.49. The molecule has 1 fully saturated rings.